The van der Waals surface area contributed by atoms with Crippen LogP contribution < -0.4 is 5.43 Å². The molecule has 1 aromatic heterocycles. The molecule has 0 bridgehead atoms. The SMILES string of the molecule is Cc1c(C2NN=C(C3(C(F)(F)F)CC3)S2)nc(-c2ccccc2Cl)n1-c1ccc(Br)cc1. The fourth-order valence-corrected chi connectivity index (χ4v) is 5.66. The summed E-state index contributed by atoms with van der Waals surface area (Å²) >= 11 is 11.0. The van der Waals surface area contributed by atoms with Gasteiger partial charge in [0, 0.05) is 21.4 Å². The first-order valence-corrected chi connectivity index (χ1v) is 11.9. The number of hydrazone groups is 1. The van der Waals surface area contributed by atoms with Gasteiger partial charge in [0.2, 0.25) is 0 Å². The van der Waals surface area contributed by atoms with Crippen LogP contribution in [-0.2, 0) is 0 Å². The molecule has 1 fully saturated rings. The van der Waals surface area contributed by atoms with Crippen LogP contribution in [0.15, 0.2) is 58.1 Å². The van der Waals surface area contributed by atoms with E-state index in [0.717, 1.165) is 33.2 Å². The highest BCUT2D eigenvalue weighted by Crippen LogP contribution is 2.62. The van der Waals surface area contributed by atoms with E-state index in [1.807, 2.05) is 54.0 Å². The number of thioether (sulfide) groups is 1. The van der Waals surface area contributed by atoms with Crippen molar-refractivity contribution in [1.82, 2.24) is 15.0 Å². The van der Waals surface area contributed by atoms with Gasteiger partial charge in [-0.15, -0.1) is 0 Å². The summed E-state index contributed by atoms with van der Waals surface area (Å²) in [5.74, 6) is 0.623. The Morgan fingerprint density at radius 2 is 1.84 bits per heavy atom. The summed E-state index contributed by atoms with van der Waals surface area (Å²) in [6, 6.07) is 15.1. The summed E-state index contributed by atoms with van der Waals surface area (Å²) in [5, 5.41) is 4.20. The largest absolute Gasteiger partial charge is 0.400 e. The zero-order valence-corrected chi connectivity index (χ0v) is 19.9. The third-order valence-electron chi connectivity index (χ3n) is 5.81. The van der Waals surface area contributed by atoms with Crippen molar-refractivity contribution in [3.8, 4) is 17.1 Å². The van der Waals surface area contributed by atoms with Gasteiger partial charge in [-0.3, -0.25) is 9.99 Å². The van der Waals surface area contributed by atoms with Gasteiger partial charge in [0.1, 0.15) is 21.7 Å². The van der Waals surface area contributed by atoms with E-state index in [1.54, 1.807) is 6.07 Å². The van der Waals surface area contributed by atoms with Crippen molar-refractivity contribution in [2.24, 2.45) is 10.5 Å². The molecule has 3 aromatic rings. The topological polar surface area (TPSA) is 42.2 Å². The molecule has 10 heteroatoms. The molecule has 0 amide bonds. The van der Waals surface area contributed by atoms with Crippen LogP contribution in [0.5, 0.6) is 0 Å². The lowest BCUT2D eigenvalue weighted by Crippen LogP contribution is -2.30. The van der Waals surface area contributed by atoms with Gasteiger partial charge >= 0.3 is 6.18 Å². The number of benzene rings is 2. The number of alkyl halides is 3. The molecule has 1 aliphatic carbocycles. The lowest BCUT2D eigenvalue weighted by atomic mass is 10.1. The van der Waals surface area contributed by atoms with Crippen molar-refractivity contribution in [3.63, 3.8) is 0 Å². The summed E-state index contributed by atoms with van der Waals surface area (Å²) in [6.07, 6.45) is -4.15. The molecule has 2 aliphatic rings. The highest BCUT2D eigenvalue weighted by Gasteiger charge is 2.67. The average Bonchev–Trinajstić information content (AvgIpc) is 3.32. The Kier molecular flexibility index (Phi) is 5.34. The minimum atomic E-state index is -4.30. The second-order valence-electron chi connectivity index (χ2n) is 7.82. The molecule has 1 saturated carbocycles. The maximum atomic E-state index is 13.6. The summed E-state index contributed by atoms with van der Waals surface area (Å²) < 4.78 is 43.7. The van der Waals surface area contributed by atoms with Gasteiger partial charge in [-0.25, -0.2) is 4.98 Å². The first-order valence-electron chi connectivity index (χ1n) is 9.88. The van der Waals surface area contributed by atoms with E-state index in [2.05, 4.69) is 26.5 Å². The van der Waals surface area contributed by atoms with Crippen LogP contribution in [0.3, 0.4) is 0 Å². The number of imidazole rings is 1. The number of rotatable bonds is 4. The fraction of sp³-hybridized carbons (Fsp3) is 0.273. The molecule has 2 aromatic carbocycles. The Morgan fingerprint density at radius 1 is 1.16 bits per heavy atom. The second-order valence-corrected chi connectivity index (χ2v) is 10.2. The summed E-state index contributed by atoms with van der Waals surface area (Å²) in [6.45, 7) is 1.90. The Labute approximate surface area is 200 Å². The summed E-state index contributed by atoms with van der Waals surface area (Å²) in [5.41, 5.74) is 4.12. The van der Waals surface area contributed by atoms with E-state index < -0.39 is 17.0 Å². The predicted octanol–water partition coefficient (Wildman–Crippen LogP) is 7.25. The van der Waals surface area contributed by atoms with Crippen molar-refractivity contribution < 1.29 is 13.2 Å². The molecule has 1 atom stereocenters. The van der Waals surface area contributed by atoms with Crippen molar-refractivity contribution in [3.05, 3.63) is 69.4 Å². The van der Waals surface area contributed by atoms with Gasteiger partial charge in [0.05, 0.1) is 10.7 Å². The van der Waals surface area contributed by atoms with E-state index in [9.17, 15) is 13.2 Å². The quantitative estimate of drug-likeness (QED) is 0.378. The number of nitrogens with one attached hydrogen (secondary N) is 1. The molecule has 0 saturated heterocycles. The zero-order valence-electron chi connectivity index (χ0n) is 16.8. The maximum Gasteiger partial charge on any atom is 0.400 e. The number of halogens is 5. The predicted molar refractivity (Wildman–Crippen MR) is 125 cm³/mol. The third kappa shape index (κ3) is 3.54. The molecular weight excluding hydrogens is 525 g/mol. The molecule has 1 unspecified atom stereocenters. The van der Waals surface area contributed by atoms with E-state index in [0.29, 0.717) is 16.5 Å². The first-order chi connectivity index (χ1) is 15.2. The van der Waals surface area contributed by atoms with Crippen molar-refractivity contribution >= 4 is 44.3 Å². The average molecular weight is 542 g/mol. The van der Waals surface area contributed by atoms with Gasteiger partial charge in [0.15, 0.2) is 0 Å². The molecule has 1 aliphatic heterocycles. The number of nitrogens with zero attached hydrogens (tertiary/aromatic N) is 3. The molecule has 4 nitrogen and oxygen atoms in total. The fourth-order valence-electron chi connectivity index (χ4n) is 3.86. The van der Waals surface area contributed by atoms with Gasteiger partial charge in [-0.2, -0.15) is 18.3 Å². The van der Waals surface area contributed by atoms with Crippen LogP contribution in [0.2, 0.25) is 5.02 Å². The van der Waals surface area contributed by atoms with Crippen LogP contribution in [0.4, 0.5) is 13.2 Å². The molecular formula is C22H17BrClF3N4S. The Morgan fingerprint density at radius 3 is 2.47 bits per heavy atom. The maximum absolute atomic E-state index is 13.6. The van der Waals surface area contributed by atoms with Crippen LogP contribution in [-0.4, -0.2) is 20.8 Å². The van der Waals surface area contributed by atoms with Crippen LogP contribution in [0.1, 0.15) is 29.6 Å². The lowest BCUT2D eigenvalue weighted by molar-refractivity contribution is -0.164. The molecule has 5 rings (SSSR count). The monoisotopic (exact) mass is 540 g/mol. The zero-order chi connectivity index (χ0) is 22.7. The van der Waals surface area contributed by atoms with Gasteiger partial charge in [0.25, 0.3) is 0 Å². The highest BCUT2D eigenvalue weighted by atomic mass is 79.9. The van der Waals surface area contributed by atoms with Crippen LogP contribution >= 0.6 is 39.3 Å². The van der Waals surface area contributed by atoms with Crippen molar-refractivity contribution in [2.45, 2.75) is 31.3 Å². The smallest absolute Gasteiger partial charge is 0.297 e. The van der Waals surface area contributed by atoms with Crippen molar-refractivity contribution in [2.75, 3.05) is 0 Å². The molecule has 166 valence electrons. The van der Waals surface area contributed by atoms with Crippen LogP contribution in [0.25, 0.3) is 17.1 Å². The van der Waals surface area contributed by atoms with Gasteiger partial charge in [-0.1, -0.05) is 51.4 Å². The first kappa shape index (κ1) is 21.9. The number of hydrogen-bond acceptors (Lipinski definition) is 4. The molecule has 0 spiro atoms. The number of aromatic nitrogens is 2. The summed E-state index contributed by atoms with van der Waals surface area (Å²) in [4.78, 5) is 4.85. The van der Waals surface area contributed by atoms with Gasteiger partial charge < -0.3 is 0 Å². The minimum absolute atomic E-state index is 0.0773. The second kappa shape index (κ2) is 7.81. The standard InChI is InChI=1S/C22H17BrClF3N4S/c1-12-17(19-29-30-20(32-19)21(10-11-21)22(25,26)27)28-18(15-4-2-3-5-16(15)24)31(12)14-8-6-13(23)7-9-14/h2-9,19,29H,10-11H2,1H3. The van der Waals surface area contributed by atoms with Crippen LogP contribution in [0, 0.1) is 12.3 Å². The van der Waals surface area contributed by atoms with E-state index >= 15 is 0 Å². The molecule has 2 heterocycles. The molecule has 0 radical (unpaired) electrons. The summed E-state index contributed by atoms with van der Waals surface area (Å²) in [7, 11) is 0. The highest BCUT2D eigenvalue weighted by molar-refractivity contribution is 9.10. The number of hydrogen-bond donors (Lipinski definition) is 1. The Hall–Kier alpha value is -1.97. The third-order valence-corrected chi connectivity index (χ3v) is 7.93. The van der Waals surface area contributed by atoms with E-state index in [4.69, 9.17) is 16.6 Å². The minimum Gasteiger partial charge on any atom is -0.297 e. The Bertz CT molecular complexity index is 1220. The molecule has 32 heavy (non-hydrogen) atoms. The molecule has 1 N–H and O–H groups in total. The van der Waals surface area contributed by atoms with E-state index in [1.165, 1.54) is 0 Å². The Balaban J connectivity index is 1.57. The van der Waals surface area contributed by atoms with Crippen molar-refractivity contribution in [1.29, 1.82) is 0 Å². The van der Waals surface area contributed by atoms with E-state index in [-0.39, 0.29) is 17.9 Å². The van der Waals surface area contributed by atoms with Gasteiger partial charge in [-0.05, 0) is 56.2 Å². The lowest BCUT2D eigenvalue weighted by Gasteiger charge is -2.18. The normalized spacial score (nSPS) is 19.6.